The molecule has 0 radical (unpaired) electrons. The molecule has 2 heterocycles. The highest BCUT2D eigenvalue weighted by molar-refractivity contribution is 7.98. The maximum absolute atomic E-state index is 13.2. The summed E-state index contributed by atoms with van der Waals surface area (Å²) in [6, 6.07) is 19.5. The number of rotatable bonds is 6. The van der Waals surface area contributed by atoms with Gasteiger partial charge in [0.25, 0.3) is 5.91 Å². The molecule has 0 aliphatic carbocycles. The monoisotopic (exact) mass is 432 g/mol. The lowest BCUT2D eigenvalue weighted by Crippen LogP contribution is -2.48. The predicted octanol–water partition coefficient (Wildman–Crippen LogP) is 4.11. The van der Waals surface area contributed by atoms with E-state index in [0.717, 1.165) is 41.5 Å². The quantitative estimate of drug-likeness (QED) is 0.546. The van der Waals surface area contributed by atoms with Crippen LogP contribution in [0.3, 0.4) is 0 Å². The third-order valence-electron chi connectivity index (χ3n) is 5.32. The Morgan fingerprint density at radius 1 is 1.13 bits per heavy atom. The zero-order valence-corrected chi connectivity index (χ0v) is 18.3. The summed E-state index contributed by atoms with van der Waals surface area (Å²) in [5.41, 5.74) is 3.48. The Labute approximate surface area is 186 Å². The van der Waals surface area contributed by atoms with Crippen molar-refractivity contribution in [1.82, 2.24) is 15.0 Å². The van der Waals surface area contributed by atoms with E-state index >= 15 is 0 Å². The van der Waals surface area contributed by atoms with Crippen molar-refractivity contribution in [3.8, 4) is 6.07 Å². The fourth-order valence-electron chi connectivity index (χ4n) is 3.63. The maximum Gasteiger partial charge on any atom is 0.255 e. The first-order chi connectivity index (χ1) is 15.1. The first kappa shape index (κ1) is 21.2. The first-order valence-corrected chi connectivity index (χ1v) is 11.3. The molecule has 0 N–H and O–H groups in total. The molecule has 1 aromatic heterocycles. The van der Waals surface area contributed by atoms with Gasteiger partial charge in [0, 0.05) is 49.4 Å². The van der Waals surface area contributed by atoms with Crippen molar-refractivity contribution in [2.75, 3.05) is 26.2 Å². The SMILES string of the molecule is Cc1cc(CSc2ccccc2C(=O)N2CCN(Cc3ccc(C#N)cc3)CC2)no1. The number of benzene rings is 2. The van der Waals surface area contributed by atoms with E-state index in [1.54, 1.807) is 11.8 Å². The van der Waals surface area contributed by atoms with E-state index in [1.807, 2.05) is 66.4 Å². The van der Waals surface area contributed by atoms with E-state index < -0.39 is 0 Å². The molecule has 0 saturated carbocycles. The highest BCUT2D eigenvalue weighted by Crippen LogP contribution is 2.27. The molecule has 4 rings (SSSR count). The van der Waals surface area contributed by atoms with Gasteiger partial charge < -0.3 is 9.42 Å². The van der Waals surface area contributed by atoms with Crippen LogP contribution in [0.15, 0.2) is 64.0 Å². The van der Waals surface area contributed by atoms with Gasteiger partial charge in [-0.2, -0.15) is 5.26 Å². The number of hydrogen-bond acceptors (Lipinski definition) is 6. The summed E-state index contributed by atoms with van der Waals surface area (Å²) < 4.78 is 5.13. The third kappa shape index (κ3) is 5.35. The Bertz CT molecular complexity index is 1080. The molecule has 6 nitrogen and oxygen atoms in total. The fraction of sp³-hybridized carbons (Fsp3) is 0.292. The van der Waals surface area contributed by atoms with Crippen LogP contribution in [-0.2, 0) is 12.3 Å². The van der Waals surface area contributed by atoms with Crippen molar-refractivity contribution in [3.63, 3.8) is 0 Å². The van der Waals surface area contributed by atoms with Crippen LogP contribution in [0.25, 0.3) is 0 Å². The lowest BCUT2D eigenvalue weighted by Gasteiger charge is -2.35. The number of aryl methyl sites for hydroxylation is 1. The molecule has 2 aromatic carbocycles. The standard InChI is InChI=1S/C24H24N4O2S/c1-18-14-21(26-30-18)17-31-23-5-3-2-4-22(23)24(29)28-12-10-27(11-13-28)16-20-8-6-19(15-25)7-9-20/h2-9,14H,10-13,16-17H2,1H3. The number of piperazine rings is 1. The summed E-state index contributed by atoms with van der Waals surface area (Å²) in [5, 5.41) is 13.0. The highest BCUT2D eigenvalue weighted by atomic mass is 32.2. The van der Waals surface area contributed by atoms with E-state index in [9.17, 15) is 4.79 Å². The Balaban J connectivity index is 1.34. The van der Waals surface area contributed by atoms with E-state index in [1.165, 1.54) is 5.56 Å². The van der Waals surface area contributed by atoms with E-state index in [0.29, 0.717) is 24.4 Å². The second-order valence-corrected chi connectivity index (χ2v) is 8.61. The van der Waals surface area contributed by atoms with Gasteiger partial charge >= 0.3 is 0 Å². The van der Waals surface area contributed by atoms with Gasteiger partial charge in [-0.25, -0.2) is 0 Å². The van der Waals surface area contributed by atoms with Crippen LogP contribution in [-0.4, -0.2) is 47.0 Å². The molecular weight excluding hydrogens is 408 g/mol. The lowest BCUT2D eigenvalue weighted by molar-refractivity contribution is 0.0625. The van der Waals surface area contributed by atoms with Gasteiger partial charge in [-0.1, -0.05) is 29.4 Å². The zero-order valence-electron chi connectivity index (χ0n) is 17.5. The number of hydrogen-bond donors (Lipinski definition) is 0. The minimum absolute atomic E-state index is 0.0810. The van der Waals surface area contributed by atoms with E-state index in [2.05, 4.69) is 16.1 Å². The van der Waals surface area contributed by atoms with Crippen LogP contribution in [0.5, 0.6) is 0 Å². The Morgan fingerprint density at radius 3 is 2.55 bits per heavy atom. The summed E-state index contributed by atoms with van der Waals surface area (Å²) in [6.45, 7) is 5.78. The summed E-state index contributed by atoms with van der Waals surface area (Å²) in [7, 11) is 0. The minimum Gasteiger partial charge on any atom is -0.361 e. The summed E-state index contributed by atoms with van der Waals surface area (Å²) in [5.74, 6) is 1.54. The van der Waals surface area contributed by atoms with Crippen molar-refractivity contribution in [2.45, 2.75) is 24.1 Å². The highest BCUT2D eigenvalue weighted by Gasteiger charge is 2.24. The molecule has 0 bridgehead atoms. The van der Waals surface area contributed by atoms with Crippen LogP contribution >= 0.6 is 11.8 Å². The molecule has 1 saturated heterocycles. The lowest BCUT2D eigenvalue weighted by atomic mass is 10.1. The van der Waals surface area contributed by atoms with Gasteiger partial charge in [0.2, 0.25) is 0 Å². The van der Waals surface area contributed by atoms with Crippen molar-refractivity contribution in [3.05, 3.63) is 82.7 Å². The topological polar surface area (TPSA) is 73.4 Å². The molecule has 1 aliphatic rings. The number of amides is 1. The number of nitriles is 1. The average molecular weight is 433 g/mol. The third-order valence-corrected chi connectivity index (χ3v) is 6.43. The second-order valence-electron chi connectivity index (χ2n) is 7.59. The molecule has 0 spiro atoms. The van der Waals surface area contributed by atoms with Crippen LogP contribution in [0.1, 0.15) is 32.9 Å². The number of carbonyl (C=O) groups is 1. The molecule has 3 aromatic rings. The summed E-state index contributed by atoms with van der Waals surface area (Å²) in [4.78, 5) is 18.5. The van der Waals surface area contributed by atoms with Gasteiger partial charge in [-0.05, 0) is 36.8 Å². The second kappa shape index (κ2) is 9.82. The molecule has 1 amide bonds. The van der Waals surface area contributed by atoms with Crippen molar-refractivity contribution >= 4 is 17.7 Å². The largest absolute Gasteiger partial charge is 0.361 e. The van der Waals surface area contributed by atoms with Crippen molar-refractivity contribution in [1.29, 1.82) is 5.26 Å². The molecule has 158 valence electrons. The molecule has 0 unspecified atom stereocenters. The van der Waals surface area contributed by atoms with Gasteiger partial charge in [-0.3, -0.25) is 9.69 Å². The van der Waals surface area contributed by atoms with Gasteiger partial charge in [0.05, 0.1) is 22.9 Å². The molecule has 7 heteroatoms. The predicted molar refractivity (Wildman–Crippen MR) is 120 cm³/mol. The Morgan fingerprint density at radius 2 is 1.87 bits per heavy atom. The first-order valence-electron chi connectivity index (χ1n) is 10.3. The normalized spacial score (nSPS) is 14.4. The molecular formula is C24H24N4O2S. The number of nitrogens with zero attached hydrogens (tertiary/aromatic N) is 4. The Hall–Kier alpha value is -3.08. The number of aromatic nitrogens is 1. The smallest absolute Gasteiger partial charge is 0.255 e. The Kier molecular flexibility index (Phi) is 6.70. The summed E-state index contributed by atoms with van der Waals surface area (Å²) in [6.07, 6.45) is 0. The van der Waals surface area contributed by atoms with Crippen LogP contribution in [0.2, 0.25) is 0 Å². The molecule has 1 fully saturated rings. The van der Waals surface area contributed by atoms with Gasteiger partial charge in [0.1, 0.15) is 5.76 Å². The van der Waals surface area contributed by atoms with Gasteiger partial charge in [0.15, 0.2) is 0 Å². The van der Waals surface area contributed by atoms with E-state index in [4.69, 9.17) is 9.78 Å². The van der Waals surface area contributed by atoms with Crippen LogP contribution < -0.4 is 0 Å². The van der Waals surface area contributed by atoms with Crippen LogP contribution in [0.4, 0.5) is 0 Å². The van der Waals surface area contributed by atoms with E-state index in [-0.39, 0.29) is 5.91 Å². The van der Waals surface area contributed by atoms with Gasteiger partial charge in [-0.15, -0.1) is 11.8 Å². The zero-order chi connectivity index (χ0) is 21.6. The van der Waals surface area contributed by atoms with Crippen LogP contribution in [0, 0.1) is 18.3 Å². The molecule has 0 atom stereocenters. The summed E-state index contributed by atoms with van der Waals surface area (Å²) >= 11 is 1.61. The fourth-order valence-corrected chi connectivity index (χ4v) is 4.55. The minimum atomic E-state index is 0.0810. The van der Waals surface area contributed by atoms with Crippen molar-refractivity contribution < 1.29 is 9.32 Å². The number of thioether (sulfide) groups is 1. The van der Waals surface area contributed by atoms with Crippen molar-refractivity contribution in [2.24, 2.45) is 0 Å². The average Bonchev–Trinajstić information content (AvgIpc) is 3.23. The maximum atomic E-state index is 13.2. The molecule has 31 heavy (non-hydrogen) atoms. The number of carbonyl (C=O) groups excluding carboxylic acids is 1. The molecule has 1 aliphatic heterocycles.